The third-order valence-electron chi connectivity index (χ3n) is 3.59. The molecule has 1 heterocycles. The third kappa shape index (κ3) is 3.20. The van der Waals surface area contributed by atoms with Crippen molar-refractivity contribution >= 4 is 15.9 Å². The first-order valence-electron chi connectivity index (χ1n) is 6.34. The quantitative estimate of drug-likeness (QED) is 0.815. The number of nitrogens with one attached hydrogen (secondary N) is 1. The molecule has 1 aliphatic rings. The fourth-order valence-corrected chi connectivity index (χ4v) is 3.04. The second-order valence-electron chi connectivity index (χ2n) is 5.06. The van der Waals surface area contributed by atoms with Crippen molar-refractivity contribution in [1.29, 1.82) is 0 Å². The highest BCUT2D eigenvalue weighted by atomic mass is 32.2. The van der Waals surface area contributed by atoms with Crippen molar-refractivity contribution in [1.82, 2.24) is 9.88 Å². The topological polar surface area (TPSA) is 103 Å². The minimum atomic E-state index is -3.80. The van der Waals surface area contributed by atoms with Gasteiger partial charge >= 0.3 is 0 Å². The van der Waals surface area contributed by atoms with Crippen LogP contribution in [0.1, 0.15) is 29.8 Å². The van der Waals surface area contributed by atoms with Crippen LogP contribution in [0, 0.1) is 0 Å². The summed E-state index contributed by atoms with van der Waals surface area (Å²) in [6, 6.07) is 1.34. The molecule has 0 bridgehead atoms. The lowest BCUT2D eigenvalue weighted by molar-refractivity contribution is 0.0907. The van der Waals surface area contributed by atoms with Crippen LogP contribution in [0.3, 0.4) is 0 Å². The lowest BCUT2D eigenvalue weighted by Gasteiger charge is -2.13. The first-order chi connectivity index (χ1) is 9.31. The summed E-state index contributed by atoms with van der Waals surface area (Å²) in [5.41, 5.74) is 0.273. The number of aryl methyl sites for hydroxylation is 1. The Bertz CT molecular complexity index is 608. The van der Waals surface area contributed by atoms with Crippen LogP contribution >= 0.6 is 0 Å². The van der Waals surface area contributed by atoms with Crippen molar-refractivity contribution in [3.8, 4) is 0 Å². The third-order valence-corrected chi connectivity index (χ3v) is 4.47. The van der Waals surface area contributed by atoms with Crippen LogP contribution < -0.4 is 10.5 Å². The second kappa shape index (κ2) is 5.55. The molecule has 7 nitrogen and oxygen atoms in total. The molecule has 112 valence electrons. The smallest absolute Gasteiger partial charge is 0.268 e. The number of hydrogen-bond acceptors (Lipinski definition) is 4. The Morgan fingerprint density at radius 3 is 2.70 bits per heavy atom. The molecule has 8 heteroatoms. The number of ether oxygens (including phenoxy) is 1. The minimum Gasteiger partial charge on any atom is -0.381 e. The van der Waals surface area contributed by atoms with Crippen molar-refractivity contribution in [3.05, 3.63) is 18.0 Å². The summed E-state index contributed by atoms with van der Waals surface area (Å²) in [5.74, 6) is -0.302. The van der Waals surface area contributed by atoms with Gasteiger partial charge in [-0.25, -0.2) is 13.6 Å². The first-order valence-corrected chi connectivity index (χ1v) is 7.88. The van der Waals surface area contributed by atoms with Gasteiger partial charge in [-0.1, -0.05) is 0 Å². The van der Waals surface area contributed by atoms with Crippen LogP contribution in [-0.4, -0.2) is 38.1 Å². The van der Waals surface area contributed by atoms with E-state index in [1.807, 2.05) is 0 Å². The average Bonchev–Trinajstić information content (AvgIpc) is 2.94. The van der Waals surface area contributed by atoms with Crippen LogP contribution in [-0.2, 0) is 21.8 Å². The predicted molar refractivity (Wildman–Crippen MR) is 72.7 cm³/mol. The zero-order valence-electron chi connectivity index (χ0n) is 11.5. The molecule has 1 aromatic heterocycles. The molecule has 1 aromatic rings. The molecule has 2 rings (SSSR count). The number of nitrogens with zero attached hydrogens (tertiary/aromatic N) is 1. The molecule has 2 unspecified atom stereocenters. The maximum absolute atomic E-state index is 12.1. The Balaban J connectivity index is 2.09. The van der Waals surface area contributed by atoms with Gasteiger partial charge in [0, 0.05) is 26.4 Å². The van der Waals surface area contributed by atoms with Crippen LogP contribution in [0.2, 0.25) is 0 Å². The Morgan fingerprint density at radius 1 is 1.50 bits per heavy atom. The fourth-order valence-electron chi connectivity index (χ4n) is 2.46. The van der Waals surface area contributed by atoms with E-state index >= 15 is 0 Å². The molecule has 0 spiro atoms. The van der Waals surface area contributed by atoms with Gasteiger partial charge in [-0.2, -0.15) is 0 Å². The monoisotopic (exact) mass is 301 g/mol. The van der Waals surface area contributed by atoms with Gasteiger partial charge < -0.3 is 14.6 Å². The van der Waals surface area contributed by atoms with E-state index in [2.05, 4.69) is 5.32 Å². The molecule has 20 heavy (non-hydrogen) atoms. The van der Waals surface area contributed by atoms with Crippen molar-refractivity contribution in [2.45, 2.75) is 36.3 Å². The van der Waals surface area contributed by atoms with Gasteiger partial charge in [0.15, 0.2) is 0 Å². The molecular weight excluding hydrogens is 282 g/mol. The van der Waals surface area contributed by atoms with E-state index in [0.717, 1.165) is 19.3 Å². The van der Waals surface area contributed by atoms with E-state index in [1.165, 1.54) is 16.8 Å². The van der Waals surface area contributed by atoms with Gasteiger partial charge in [0.2, 0.25) is 10.0 Å². The molecule has 1 fully saturated rings. The number of primary sulfonamides is 1. The molecule has 0 radical (unpaired) electrons. The number of carbonyl (C=O) groups is 1. The lowest BCUT2D eigenvalue weighted by Crippen LogP contribution is -2.34. The zero-order chi connectivity index (χ0) is 14.9. The lowest BCUT2D eigenvalue weighted by atomic mass is 10.2. The highest BCUT2D eigenvalue weighted by molar-refractivity contribution is 7.89. The van der Waals surface area contributed by atoms with Crippen LogP contribution in [0.15, 0.2) is 17.2 Å². The maximum Gasteiger partial charge on any atom is 0.268 e. The standard InChI is InChI=1S/C12H19N3O4S/c1-15-7-10(20(13,17)18)6-11(15)12(16)14-8-3-4-9(5-8)19-2/h6-9H,3-5H2,1-2H3,(H,14,16)(H2,13,17,18). The van der Waals surface area contributed by atoms with Crippen molar-refractivity contribution in [2.75, 3.05) is 7.11 Å². The summed E-state index contributed by atoms with van der Waals surface area (Å²) >= 11 is 0. The molecule has 1 saturated carbocycles. The van der Waals surface area contributed by atoms with Crippen molar-refractivity contribution in [3.63, 3.8) is 0 Å². The number of sulfonamides is 1. The second-order valence-corrected chi connectivity index (χ2v) is 6.62. The van der Waals surface area contributed by atoms with Crippen LogP contribution in [0.5, 0.6) is 0 Å². The SMILES string of the molecule is COC1CCC(NC(=O)c2cc(S(N)(=O)=O)cn2C)C1. The Kier molecular flexibility index (Phi) is 4.17. The predicted octanol–water partition coefficient (Wildman–Crippen LogP) is -0.0302. The number of hydrogen-bond donors (Lipinski definition) is 2. The number of carbonyl (C=O) groups excluding carboxylic acids is 1. The van der Waals surface area contributed by atoms with Gasteiger partial charge in [-0.05, 0) is 25.3 Å². The minimum absolute atomic E-state index is 0.0558. The van der Waals surface area contributed by atoms with E-state index in [-0.39, 0.29) is 28.6 Å². The molecule has 1 amide bonds. The number of methoxy groups -OCH3 is 1. The molecule has 0 saturated heterocycles. The van der Waals surface area contributed by atoms with Gasteiger partial charge in [0.05, 0.1) is 6.10 Å². The van der Waals surface area contributed by atoms with Crippen LogP contribution in [0.25, 0.3) is 0 Å². The molecule has 1 aliphatic carbocycles. The van der Waals surface area contributed by atoms with E-state index in [1.54, 1.807) is 14.2 Å². The van der Waals surface area contributed by atoms with E-state index < -0.39 is 10.0 Å². The number of rotatable bonds is 4. The number of amides is 1. The summed E-state index contributed by atoms with van der Waals surface area (Å²) < 4.78 is 29.2. The highest BCUT2D eigenvalue weighted by Gasteiger charge is 2.27. The van der Waals surface area contributed by atoms with Crippen LogP contribution in [0.4, 0.5) is 0 Å². The number of nitrogens with two attached hydrogens (primary N) is 1. The van der Waals surface area contributed by atoms with E-state index in [9.17, 15) is 13.2 Å². The summed E-state index contributed by atoms with van der Waals surface area (Å²) in [5, 5.41) is 7.94. The van der Waals surface area contributed by atoms with E-state index in [0.29, 0.717) is 0 Å². The Labute approximate surface area is 118 Å². The first kappa shape index (κ1) is 15.0. The number of aromatic nitrogens is 1. The van der Waals surface area contributed by atoms with Crippen molar-refractivity contribution in [2.24, 2.45) is 12.2 Å². The molecule has 2 atom stereocenters. The van der Waals surface area contributed by atoms with Crippen molar-refractivity contribution < 1.29 is 17.9 Å². The largest absolute Gasteiger partial charge is 0.381 e. The fraction of sp³-hybridized carbons (Fsp3) is 0.583. The zero-order valence-corrected chi connectivity index (χ0v) is 12.3. The van der Waals surface area contributed by atoms with Gasteiger partial charge in [0.25, 0.3) is 5.91 Å². The molecule has 3 N–H and O–H groups in total. The summed E-state index contributed by atoms with van der Waals surface area (Å²) in [6.45, 7) is 0. The van der Waals surface area contributed by atoms with E-state index in [4.69, 9.17) is 9.88 Å². The average molecular weight is 301 g/mol. The highest BCUT2D eigenvalue weighted by Crippen LogP contribution is 2.22. The van der Waals surface area contributed by atoms with Gasteiger partial charge in [-0.15, -0.1) is 0 Å². The Hall–Kier alpha value is -1.38. The van der Waals surface area contributed by atoms with Gasteiger partial charge in [-0.3, -0.25) is 4.79 Å². The summed E-state index contributed by atoms with van der Waals surface area (Å²) in [6.07, 6.45) is 4.05. The normalized spacial score (nSPS) is 22.9. The Morgan fingerprint density at radius 2 is 2.20 bits per heavy atom. The molecule has 0 aliphatic heterocycles. The molecule has 0 aromatic carbocycles. The summed E-state index contributed by atoms with van der Waals surface area (Å²) in [4.78, 5) is 12.1. The van der Waals surface area contributed by atoms with Gasteiger partial charge in [0.1, 0.15) is 10.6 Å². The maximum atomic E-state index is 12.1. The summed E-state index contributed by atoms with van der Waals surface area (Å²) in [7, 11) is -0.534. The molecular formula is C12H19N3O4S.